The predicted octanol–water partition coefficient (Wildman–Crippen LogP) is 3.51. The predicted molar refractivity (Wildman–Crippen MR) is 135 cm³/mol. The molecule has 34 heavy (non-hydrogen) atoms. The van der Waals surface area contributed by atoms with E-state index in [4.69, 9.17) is 9.72 Å². The third-order valence-electron chi connectivity index (χ3n) is 6.43. The van der Waals surface area contributed by atoms with E-state index in [-0.39, 0.29) is 17.4 Å². The highest BCUT2D eigenvalue weighted by Crippen LogP contribution is 2.22. The molecule has 1 saturated heterocycles. The number of nitrogens with one attached hydrogen (secondary N) is 1. The summed E-state index contributed by atoms with van der Waals surface area (Å²) in [6.45, 7) is 7.80. The molecule has 7 heteroatoms. The van der Waals surface area contributed by atoms with E-state index < -0.39 is 0 Å². The fraction of sp³-hybridized carbons (Fsp3) is 0.444. The molecule has 1 fully saturated rings. The maximum atomic E-state index is 13.6. The van der Waals surface area contributed by atoms with Gasteiger partial charge < -0.3 is 15.0 Å². The number of nitrogens with zero attached hydrogens (tertiary/aromatic N) is 3. The van der Waals surface area contributed by atoms with Gasteiger partial charge in [0.1, 0.15) is 0 Å². The Bertz CT molecular complexity index is 1160. The Morgan fingerprint density at radius 3 is 2.59 bits per heavy atom. The molecule has 0 radical (unpaired) electrons. The van der Waals surface area contributed by atoms with Crippen LogP contribution < -0.4 is 15.8 Å². The second-order valence-corrected chi connectivity index (χ2v) is 8.90. The van der Waals surface area contributed by atoms with E-state index in [1.807, 2.05) is 40.7 Å². The number of anilines is 1. The van der Waals surface area contributed by atoms with Gasteiger partial charge in [-0.2, -0.15) is 0 Å². The molecule has 180 valence electrons. The first-order valence-corrected chi connectivity index (χ1v) is 12.2. The minimum atomic E-state index is -0.0851. The molecule has 1 aliphatic rings. The molecule has 7 nitrogen and oxygen atoms in total. The van der Waals surface area contributed by atoms with Gasteiger partial charge >= 0.3 is 0 Å². The molecule has 0 aliphatic carbocycles. The van der Waals surface area contributed by atoms with Crippen LogP contribution in [-0.2, 0) is 16.1 Å². The van der Waals surface area contributed by atoms with Crippen LogP contribution in [0.5, 0.6) is 0 Å². The third-order valence-corrected chi connectivity index (χ3v) is 6.43. The smallest absolute Gasteiger partial charge is 0.294 e. The molecule has 0 atom stereocenters. The van der Waals surface area contributed by atoms with Crippen LogP contribution in [0.3, 0.4) is 0 Å². The summed E-state index contributed by atoms with van der Waals surface area (Å²) in [6, 6.07) is 16.0. The first-order valence-electron chi connectivity index (χ1n) is 12.2. The zero-order valence-corrected chi connectivity index (χ0v) is 20.1. The van der Waals surface area contributed by atoms with Crippen LogP contribution in [-0.4, -0.2) is 48.3 Å². The van der Waals surface area contributed by atoms with Gasteiger partial charge in [0.2, 0.25) is 5.91 Å². The van der Waals surface area contributed by atoms with E-state index in [2.05, 4.69) is 36.5 Å². The Labute approximate surface area is 200 Å². The van der Waals surface area contributed by atoms with E-state index >= 15 is 0 Å². The number of hydrogen-bond donors (Lipinski definition) is 1. The van der Waals surface area contributed by atoms with E-state index in [0.717, 1.165) is 23.0 Å². The van der Waals surface area contributed by atoms with Crippen molar-refractivity contribution in [2.75, 3.05) is 37.7 Å². The monoisotopic (exact) mass is 462 g/mol. The van der Waals surface area contributed by atoms with E-state index in [9.17, 15) is 9.59 Å². The molecule has 1 N–H and O–H groups in total. The van der Waals surface area contributed by atoms with Crippen molar-refractivity contribution in [2.45, 2.75) is 39.7 Å². The lowest BCUT2D eigenvalue weighted by atomic mass is 9.96. The summed E-state index contributed by atoms with van der Waals surface area (Å²) in [5, 5.41) is 3.02. The van der Waals surface area contributed by atoms with E-state index in [0.29, 0.717) is 58.1 Å². The zero-order chi connectivity index (χ0) is 23.9. The molecule has 2 heterocycles. The van der Waals surface area contributed by atoms with Gasteiger partial charge in [-0.3, -0.25) is 14.2 Å². The lowest BCUT2D eigenvalue weighted by molar-refractivity contribution is -0.125. The Kier molecular flexibility index (Phi) is 7.95. The molecule has 0 spiro atoms. The van der Waals surface area contributed by atoms with Crippen molar-refractivity contribution >= 4 is 22.8 Å². The van der Waals surface area contributed by atoms with Gasteiger partial charge in [0, 0.05) is 38.8 Å². The minimum absolute atomic E-state index is 0.0291. The van der Waals surface area contributed by atoms with Crippen LogP contribution in [0.15, 0.2) is 53.3 Å². The van der Waals surface area contributed by atoms with Crippen LogP contribution in [0.4, 0.5) is 5.82 Å². The molecule has 0 bridgehead atoms. The molecular formula is C27H34N4O3. The number of piperidine rings is 1. The first-order chi connectivity index (χ1) is 16.6. The summed E-state index contributed by atoms with van der Waals surface area (Å²) < 4.78 is 7.14. The van der Waals surface area contributed by atoms with Gasteiger partial charge in [-0.25, -0.2) is 4.98 Å². The minimum Gasteiger partial charge on any atom is -0.382 e. The molecule has 1 aromatic heterocycles. The number of para-hydroxylation sites is 2. The highest BCUT2D eigenvalue weighted by atomic mass is 16.5. The van der Waals surface area contributed by atoms with Crippen molar-refractivity contribution < 1.29 is 9.53 Å². The number of aryl methyl sites for hydroxylation is 1. The molecule has 0 unspecified atom stereocenters. The number of fused-ring (bicyclic) bond motifs is 1. The fourth-order valence-electron chi connectivity index (χ4n) is 4.45. The molecule has 1 aliphatic heterocycles. The van der Waals surface area contributed by atoms with Crippen molar-refractivity contribution in [3.8, 4) is 0 Å². The average Bonchev–Trinajstić information content (AvgIpc) is 2.86. The van der Waals surface area contributed by atoms with Crippen LogP contribution >= 0.6 is 0 Å². The second-order valence-electron chi connectivity index (χ2n) is 8.90. The van der Waals surface area contributed by atoms with Crippen molar-refractivity contribution in [1.29, 1.82) is 0 Å². The average molecular weight is 463 g/mol. The molecule has 1 amide bonds. The summed E-state index contributed by atoms with van der Waals surface area (Å²) in [5.41, 5.74) is 3.82. The highest BCUT2D eigenvalue weighted by molar-refractivity contribution is 5.79. The first kappa shape index (κ1) is 24.0. The van der Waals surface area contributed by atoms with Crippen LogP contribution in [0.25, 0.3) is 11.0 Å². The van der Waals surface area contributed by atoms with Gasteiger partial charge in [0.15, 0.2) is 5.82 Å². The summed E-state index contributed by atoms with van der Waals surface area (Å²) in [4.78, 5) is 32.9. The van der Waals surface area contributed by atoms with Crippen LogP contribution in [0, 0.1) is 12.8 Å². The molecule has 4 rings (SSSR count). The number of amides is 1. The number of carbonyl (C=O) groups is 1. The van der Waals surface area contributed by atoms with Crippen LogP contribution in [0.2, 0.25) is 0 Å². The standard InChI is InChI=1S/C27H34N4O3/c1-3-34-18-6-15-28-26(32)22-13-16-30(17-14-22)25-27(33)31(19-21-11-9-20(2)10-12-21)24-8-5-4-7-23(24)29-25/h4-5,7-12,22H,3,6,13-19H2,1-2H3,(H,28,32). The van der Waals surface area contributed by atoms with E-state index in [1.165, 1.54) is 5.56 Å². The maximum absolute atomic E-state index is 13.6. The summed E-state index contributed by atoms with van der Waals surface area (Å²) >= 11 is 0. The largest absolute Gasteiger partial charge is 0.382 e. The molecule has 3 aromatic rings. The van der Waals surface area contributed by atoms with Gasteiger partial charge in [-0.15, -0.1) is 0 Å². The highest BCUT2D eigenvalue weighted by Gasteiger charge is 2.27. The lowest BCUT2D eigenvalue weighted by Gasteiger charge is -2.32. The number of rotatable bonds is 9. The Balaban J connectivity index is 1.48. The van der Waals surface area contributed by atoms with Crippen molar-refractivity contribution in [3.05, 3.63) is 70.0 Å². The van der Waals surface area contributed by atoms with Crippen molar-refractivity contribution in [3.63, 3.8) is 0 Å². The van der Waals surface area contributed by atoms with E-state index in [1.54, 1.807) is 0 Å². The SMILES string of the molecule is CCOCCCNC(=O)C1CCN(c2nc3ccccc3n(Cc3ccc(C)cc3)c2=O)CC1. The maximum Gasteiger partial charge on any atom is 0.294 e. The number of aromatic nitrogens is 2. The molecule has 2 aromatic carbocycles. The Hall–Kier alpha value is -3.19. The lowest BCUT2D eigenvalue weighted by Crippen LogP contribution is -2.43. The van der Waals surface area contributed by atoms with Crippen molar-refractivity contribution in [2.24, 2.45) is 5.92 Å². The summed E-state index contributed by atoms with van der Waals surface area (Å²) in [6.07, 6.45) is 2.24. The summed E-state index contributed by atoms with van der Waals surface area (Å²) in [7, 11) is 0. The Morgan fingerprint density at radius 2 is 1.85 bits per heavy atom. The second kappa shape index (κ2) is 11.3. The normalized spacial score (nSPS) is 14.5. The third kappa shape index (κ3) is 5.65. The van der Waals surface area contributed by atoms with Crippen molar-refractivity contribution in [1.82, 2.24) is 14.9 Å². The number of carbonyl (C=O) groups excluding carboxylic acids is 1. The Morgan fingerprint density at radius 1 is 1.12 bits per heavy atom. The fourth-order valence-corrected chi connectivity index (χ4v) is 4.45. The van der Waals surface area contributed by atoms with Gasteiger partial charge in [-0.1, -0.05) is 42.0 Å². The van der Waals surface area contributed by atoms with Crippen LogP contribution in [0.1, 0.15) is 37.3 Å². The summed E-state index contributed by atoms with van der Waals surface area (Å²) in [5.74, 6) is 0.541. The number of hydrogen-bond acceptors (Lipinski definition) is 5. The zero-order valence-electron chi connectivity index (χ0n) is 20.1. The number of ether oxygens (including phenoxy) is 1. The van der Waals surface area contributed by atoms with Gasteiger partial charge in [0.05, 0.1) is 17.6 Å². The quantitative estimate of drug-likeness (QED) is 0.493. The molecule has 0 saturated carbocycles. The van der Waals surface area contributed by atoms with Gasteiger partial charge in [0.25, 0.3) is 5.56 Å². The number of benzene rings is 2. The topological polar surface area (TPSA) is 76.5 Å². The van der Waals surface area contributed by atoms with Gasteiger partial charge in [-0.05, 0) is 50.8 Å². The molecular weight excluding hydrogens is 428 g/mol.